The van der Waals surface area contributed by atoms with E-state index in [2.05, 4.69) is 92.1 Å². The first-order valence-electron chi connectivity index (χ1n) is 32.6. The molecule has 2 aromatic heterocycles. The molecule has 0 bridgehead atoms. The number of hydrazone groups is 1. The molecular weight excluding hydrogens is 1170 g/mol. The van der Waals surface area contributed by atoms with Crippen LogP contribution in [0, 0.1) is 0 Å². The van der Waals surface area contributed by atoms with Gasteiger partial charge in [0.2, 0.25) is 47.3 Å². The van der Waals surface area contributed by atoms with Gasteiger partial charge in [0.25, 0.3) is 5.91 Å². The molecule has 2 aromatic carbocycles. The summed E-state index contributed by atoms with van der Waals surface area (Å²) in [4.78, 5) is 136. The summed E-state index contributed by atoms with van der Waals surface area (Å²) in [7, 11) is 0. The average molecular weight is 1280 g/mol. The van der Waals surface area contributed by atoms with Crippen LogP contribution < -0.4 is 65.2 Å². The predicted octanol–water partition coefficient (Wildman–Crippen LogP) is 3.81. The summed E-state index contributed by atoms with van der Waals surface area (Å²) in [6, 6.07) is 8.72. The van der Waals surface area contributed by atoms with Crippen molar-refractivity contribution < 1.29 is 43.2 Å². The summed E-state index contributed by atoms with van der Waals surface area (Å²) >= 11 is 0. The first-order valence-corrected chi connectivity index (χ1v) is 32.6. The molecule has 0 fully saturated rings. The molecule has 4 aromatic rings. The normalized spacial score (nSPS) is 13.2. The smallest absolute Gasteiger partial charge is 0.264 e. The van der Waals surface area contributed by atoms with Crippen LogP contribution in [0.3, 0.4) is 0 Å². The van der Waals surface area contributed by atoms with Gasteiger partial charge in [0.1, 0.15) is 49.0 Å². The quantitative estimate of drug-likeness (QED) is 0.00985. The van der Waals surface area contributed by atoms with Crippen LogP contribution in [0.5, 0.6) is 0 Å². The van der Waals surface area contributed by atoms with E-state index in [1.165, 1.54) is 70.8 Å². The number of unbranched alkanes of at least 4 members (excludes halogenated alkanes) is 12. The topological polar surface area (TPSA) is 409 Å². The zero-order valence-corrected chi connectivity index (χ0v) is 54.0. The Morgan fingerprint density at radius 1 is 0.565 bits per heavy atom. The highest BCUT2D eigenvalue weighted by Crippen LogP contribution is 2.20. The Bertz CT molecular complexity index is 2960. The Labute approximate surface area is 540 Å². The third-order valence-electron chi connectivity index (χ3n) is 15.3. The van der Waals surface area contributed by atoms with E-state index in [1.807, 2.05) is 31.2 Å². The Hall–Kier alpha value is -9.10. The number of allylic oxidation sites excluding steroid dienone is 2. The van der Waals surface area contributed by atoms with Gasteiger partial charge in [0.15, 0.2) is 5.96 Å². The second-order valence-corrected chi connectivity index (χ2v) is 23.0. The molecule has 17 N–H and O–H groups in total. The molecule has 504 valence electrons. The Morgan fingerprint density at radius 2 is 1.15 bits per heavy atom. The summed E-state index contributed by atoms with van der Waals surface area (Å²) in [5.41, 5.74) is 22.1. The minimum Gasteiger partial charge on any atom is -0.370 e. The summed E-state index contributed by atoms with van der Waals surface area (Å²) < 4.78 is 0. The van der Waals surface area contributed by atoms with Gasteiger partial charge in [-0.2, -0.15) is 5.10 Å². The van der Waals surface area contributed by atoms with E-state index in [4.69, 9.17) is 17.2 Å². The number of imidazole rings is 1. The van der Waals surface area contributed by atoms with Gasteiger partial charge in [-0.25, -0.2) is 4.98 Å². The molecule has 0 unspecified atom stereocenters. The number of carbonyl (C=O) groups excluding carboxylic acids is 9. The number of para-hydroxylation sites is 1. The lowest BCUT2D eigenvalue weighted by Crippen LogP contribution is -2.60. The third-order valence-corrected chi connectivity index (χ3v) is 15.3. The fraction of sp³-hybridized carbons (Fsp3) is 0.545. The third kappa shape index (κ3) is 31.1. The van der Waals surface area contributed by atoms with Crippen molar-refractivity contribution in [2.45, 2.75) is 205 Å². The van der Waals surface area contributed by atoms with E-state index in [1.54, 1.807) is 36.5 Å². The van der Waals surface area contributed by atoms with Crippen LogP contribution in [0.15, 0.2) is 95.6 Å². The molecule has 2 heterocycles. The number of nitrogens with two attached hydrogens (primary N) is 3. The SMILES string of the molecule is CCCCCCCC/C=C\CCCCCCCC(=O)NCCCNC(=O)/C=N/NCC(=O)N[C@@H](CCCC)C(=O)N[C@@H](C)C(=O)N[C@@H](Cc1cnc[nH]1)C(=O)N[C@H](Cc1ccccc1)C(=O)N[C@@H](CCCN=C(N)N)C(=O)N[C@@H](Cc1c[nH]c2ccccc12)C(N)=O. The van der Waals surface area contributed by atoms with Crippen molar-refractivity contribution in [2.75, 3.05) is 26.2 Å². The van der Waals surface area contributed by atoms with Gasteiger partial charge in [0, 0.05) is 74.3 Å². The molecule has 6 atom stereocenters. The number of aliphatic imine (C=N–C) groups is 1. The monoisotopic (exact) mass is 1280 g/mol. The minimum absolute atomic E-state index is 0.000308. The first kappa shape index (κ1) is 75.4. The maximum atomic E-state index is 14.5. The molecule has 92 heavy (non-hydrogen) atoms. The molecule has 0 spiro atoms. The van der Waals surface area contributed by atoms with Crippen LogP contribution in [0.2, 0.25) is 0 Å². The van der Waals surface area contributed by atoms with Gasteiger partial charge in [0.05, 0.1) is 6.33 Å². The first-order chi connectivity index (χ1) is 44.5. The largest absolute Gasteiger partial charge is 0.370 e. The average Bonchev–Trinajstić information content (AvgIpc) is 1.81. The van der Waals surface area contributed by atoms with Gasteiger partial charge in [-0.15, -0.1) is 0 Å². The summed E-state index contributed by atoms with van der Waals surface area (Å²) in [5.74, 6) is -5.90. The Balaban J connectivity index is 1.28. The van der Waals surface area contributed by atoms with E-state index in [0.29, 0.717) is 50.0 Å². The van der Waals surface area contributed by atoms with Crippen molar-refractivity contribution in [3.8, 4) is 0 Å². The maximum Gasteiger partial charge on any atom is 0.264 e. The molecule has 0 saturated carbocycles. The number of aromatic amines is 2. The number of aromatic nitrogens is 3. The molecule has 0 saturated heterocycles. The lowest BCUT2D eigenvalue weighted by atomic mass is 10.0. The van der Waals surface area contributed by atoms with E-state index >= 15 is 0 Å². The lowest BCUT2D eigenvalue weighted by molar-refractivity contribution is -0.135. The van der Waals surface area contributed by atoms with Crippen molar-refractivity contribution in [1.82, 2.24) is 62.9 Å². The number of amides is 9. The van der Waals surface area contributed by atoms with Crippen LogP contribution in [0.25, 0.3) is 10.9 Å². The second-order valence-electron chi connectivity index (χ2n) is 23.0. The number of nitrogens with zero attached hydrogens (tertiary/aromatic N) is 3. The van der Waals surface area contributed by atoms with E-state index in [-0.39, 0.29) is 63.5 Å². The zero-order valence-electron chi connectivity index (χ0n) is 54.0. The van der Waals surface area contributed by atoms with Crippen LogP contribution >= 0.6 is 0 Å². The molecule has 9 amide bonds. The summed E-state index contributed by atoms with van der Waals surface area (Å²) in [5, 5.41) is 26.4. The molecule has 0 aliphatic carbocycles. The van der Waals surface area contributed by atoms with Gasteiger partial charge in [-0.3, -0.25) is 48.1 Å². The van der Waals surface area contributed by atoms with Crippen molar-refractivity contribution in [1.29, 1.82) is 0 Å². The Kier molecular flexibility index (Phi) is 36.4. The maximum absolute atomic E-state index is 14.5. The van der Waals surface area contributed by atoms with Gasteiger partial charge < -0.3 is 75.1 Å². The van der Waals surface area contributed by atoms with E-state index < -0.39 is 83.5 Å². The number of rotatable bonds is 48. The number of fused-ring (bicyclic) bond motifs is 1. The molecule has 26 nitrogen and oxygen atoms in total. The standard InChI is InChI=1S/C66H101N17O9/c1-4-6-8-9-10-11-12-13-14-15-16-17-18-19-23-34-57(84)71-36-27-37-72-58(85)43-76-77-44-59(86)79-52(31-7-5-2)62(89)78-46(3)61(88)82-56(40-49-42-70-45-75-49)65(92)83-55(38-47-28-21-20-22-29-47)64(91)80-53(33-26-35-73-66(68)69)63(90)81-54(60(67)87)39-48-41-74-51-32-25-24-30-50(48)51/h13-14,20-22,24-25,28-30,32,41-43,45-46,52-56,74,77H,4-12,15-19,23,26-27,31,33-40,44H2,1-3H3,(H2,67,87)(H,70,75)(H,71,84)(H,72,85)(H,78,89)(H,79,86)(H,80,91)(H,81,90)(H,82,88)(H,83,92)(H4,68,69,73)/b14-13-,76-43+/t46-,52-,53-,54-,55+,56-/m0/s1. The fourth-order valence-corrected chi connectivity index (χ4v) is 10.1. The van der Waals surface area contributed by atoms with Crippen molar-refractivity contribution >= 4 is 76.2 Å². The second kappa shape index (κ2) is 44.4. The molecule has 4 rings (SSSR count). The number of benzene rings is 2. The molecule has 0 radical (unpaired) electrons. The summed E-state index contributed by atoms with van der Waals surface area (Å²) in [6.07, 6.45) is 28.1. The number of primary amides is 1. The number of nitrogens with one attached hydrogen (secondary N) is 11. The van der Waals surface area contributed by atoms with Crippen LogP contribution in [-0.4, -0.2) is 143 Å². The number of H-pyrrole nitrogens is 2. The zero-order chi connectivity index (χ0) is 66.7. The number of carbonyl (C=O) groups is 9. The van der Waals surface area contributed by atoms with Gasteiger partial charge in [-0.05, 0) is 81.9 Å². The molecule has 0 aliphatic heterocycles. The molecular formula is C66H101N17O9. The highest BCUT2D eigenvalue weighted by Gasteiger charge is 2.33. The Morgan fingerprint density at radius 3 is 1.84 bits per heavy atom. The molecule has 0 aliphatic rings. The predicted molar refractivity (Wildman–Crippen MR) is 357 cm³/mol. The number of guanidine groups is 1. The van der Waals surface area contributed by atoms with E-state index in [0.717, 1.165) is 54.8 Å². The van der Waals surface area contributed by atoms with E-state index in [9.17, 15) is 43.2 Å². The van der Waals surface area contributed by atoms with Gasteiger partial charge >= 0.3 is 0 Å². The van der Waals surface area contributed by atoms with Crippen molar-refractivity contribution in [3.63, 3.8) is 0 Å². The fourth-order valence-electron chi connectivity index (χ4n) is 10.1. The molecule has 26 heteroatoms. The summed E-state index contributed by atoms with van der Waals surface area (Å²) in [6.45, 7) is 5.97. The van der Waals surface area contributed by atoms with Gasteiger partial charge in [-0.1, -0.05) is 139 Å². The minimum atomic E-state index is -1.36. The highest BCUT2D eigenvalue weighted by molar-refractivity contribution is 6.26. The lowest BCUT2D eigenvalue weighted by Gasteiger charge is -2.27. The number of hydrogen-bond acceptors (Lipinski definition) is 13. The number of hydrogen-bond donors (Lipinski definition) is 14. The van der Waals surface area contributed by atoms with Crippen LogP contribution in [0.1, 0.15) is 166 Å². The van der Waals surface area contributed by atoms with Crippen LogP contribution in [-0.2, 0) is 62.4 Å². The highest BCUT2D eigenvalue weighted by atomic mass is 16.2. The van der Waals surface area contributed by atoms with Crippen molar-refractivity contribution in [3.05, 3.63) is 102 Å². The van der Waals surface area contributed by atoms with Crippen molar-refractivity contribution in [2.24, 2.45) is 27.3 Å². The van der Waals surface area contributed by atoms with Crippen LogP contribution in [0.4, 0.5) is 0 Å².